The van der Waals surface area contributed by atoms with Crippen molar-refractivity contribution < 1.29 is 14.7 Å². The minimum Gasteiger partial charge on any atom is -0.381 e. The highest BCUT2D eigenvalue weighted by Gasteiger charge is 2.28. The van der Waals surface area contributed by atoms with Gasteiger partial charge in [0.05, 0.1) is 17.1 Å². The van der Waals surface area contributed by atoms with Gasteiger partial charge in [-0.25, -0.2) is 4.98 Å². The van der Waals surface area contributed by atoms with Crippen molar-refractivity contribution in [1.29, 1.82) is 0 Å². The predicted octanol–water partition coefficient (Wildman–Crippen LogP) is 3.51. The van der Waals surface area contributed by atoms with Crippen molar-refractivity contribution in [3.63, 3.8) is 0 Å². The Bertz CT molecular complexity index is 1040. The van der Waals surface area contributed by atoms with Gasteiger partial charge in [-0.15, -0.1) is 0 Å². The number of pyridine rings is 1. The average molecular weight is 440 g/mol. The largest absolute Gasteiger partial charge is 0.381 e. The molecule has 31 heavy (non-hydrogen) atoms. The van der Waals surface area contributed by atoms with E-state index in [0.29, 0.717) is 29.4 Å². The zero-order valence-electron chi connectivity index (χ0n) is 17.3. The van der Waals surface area contributed by atoms with E-state index in [4.69, 9.17) is 11.6 Å². The molecule has 2 atom stereocenters. The number of nitrogens with one attached hydrogen (secondary N) is 2. The lowest BCUT2D eigenvalue weighted by Crippen LogP contribution is -2.51. The molecule has 3 aromatic rings. The highest BCUT2D eigenvalue weighted by atomic mass is 35.5. The number of nitrogens with zero attached hydrogens (tertiary/aromatic N) is 1. The Morgan fingerprint density at radius 3 is 2.55 bits per heavy atom. The zero-order chi connectivity index (χ0) is 22.2. The number of aliphatic hydroxyl groups excluding tert-OH is 1. The molecule has 0 aliphatic rings. The van der Waals surface area contributed by atoms with Crippen LogP contribution in [0.25, 0.3) is 10.9 Å². The van der Waals surface area contributed by atoms with Gasteiger partial charge in [0.2, 0.25) is 0 Å². The first kappa shape index (κ1) is 22.7. The monoisotopic (exact) mass is 439 g/mol. The molecule has 6 nitrogen and oxygen atoms in total. The van der Waals surface area contributed by atoms with Gasteiger partial charge in [-0.1, -0.05) is 73.5 Å². The van der Waals surface area contributed by atoms with Gasteiger partial charge in [0.15, 0.2) is 6.10 Å². The van der Waals surface area contributed by atoms with E-state index < -0.39 is 24.0 Å². The second-order valence-electron chi connectivity index (χ2n) is 7.37. The topological polar surface area (TPSA) is 91.3 Å². The Hall–Kier alpha value is -2.96. The van der Waals surface area contributed by atoms with Crippen molar-refractivity contribution in [2.24, 2.45) is 0 Å². The van der Waals surface area contributed by atoms with Crippen LogP contribution >= 0.6 is 11.6 Å². The van der Waals surface area contributed by atoms with Crippen LogP contribution in [0.4, 0.5) is 0 Å². The Labute approximate surface area is 186 Å². The maximum absolute atomic E-state index is 13.2. The number of aliphatic hydroxyl groups is 1. The molecule has 0 bridgehead atoms. The summed E-state index contributed by atoms with van der Waals surface area (Å²) in [6, 6.07) is 17.3. The molecule has 0 saturated carbocycles. The van der Waals surface area contributed by atoms with Gasteiger partial charge in [-0.05, 0) is 30.5 Å². The zero-order valence-corrected chi connectivity index (χ0v) is 18.1. The van der Waals surface area contributed by atoms with Crippen LogP contribution in [-0.2, 0) is 11.2 Å². The smallest absolute Gasteiger partial charge is 0.252 e. The summed E-state index contributed by atoms with van der Waals surface area (Å²) in [5, 5.41) is 17.1. The van der Waals surface area contributed by atoms with Gasteiger partial charge < -0.3 is 15.7 Å². The standard InChI is InChI=1S/C24H26ClN3O3/c1-2-3-13-26-24(31)22(29)20(14-16-9-5-4-6-10-16)28-23(30)18-15-21(25)27-19-12-8-7-11-17(18)19/h4-12,15,20,22,29H,2-3,13-14H2,1H3,(H,26,31)(H,28,30)/t20-,22?/m0/s1. The van der Waals surface area contributed by atoms with E-state index in [2.05, 4.69) is 15.6 Å². The van der Waals surface area contributed by atoms with Crippen LogP contribution in [0.3, 0.4) is 0 Å². The third kappa shape index (κ3) is 6.03. The predicted molar refractivity (Wildman–Crippen MR) is 122 cm³/mol. The van der Waals surface area contributed by atoms with Crippen LogP contribution in [0.15, 0.2) is 60.7 Å². The Balaban J connectivity index is 1.85. The van der Waals surface area contributed by atoms with E-state index in [0.717, 1.165) is 18.4 Å². The summed E-state index contributed by atoms with van der Waals surface area (Å²) < 4.78 is 0. The van der Waals surface area contributed by atoms with Gasteiger partial charge in [-0.3, -0.25) is 9.59 Å². The first-order valence-corrected chi connectivity index (χ1v) is 10.7. The number of hydrogen-bond donors (Lipinski definition) is 3. The average Bonchev–Trinajstić information content (AvgIpc) is 2.78. The summed E-state index contributed by atoms with van der Waals surface area (Å²) >= 11 is 6.11. The van der Waals surface area contributed by atoms with E-state index in [1.807, 2.05) is 49.4 Å². The Morgan fingerprint density at radius 2 is 1.81 bits per heavy atom. The molecule has 1 heterocycles. The van der Waals surface area contributed by atoms with Gasteiger partial charge >= 0.3 is 0 Å². The maximum atomic E-state index is 13.2. The fourth-order valence-corrected chi connectivity index (χ4v) is 3.56. The fraction of sp³-hybridized carbons (Fsp3) is 0.292. The molecule has 1 unspecified atom stereocenters. The number of hydrogen-bond acceptors (Lipinski definition) is 4. The molecule has 0 saturated heterocycles. The van der Waals surface area contributed by atoms with Crippen LogP contribution < -0.4 is 10.6 Å². The number of halogens is 1. The number of benzene rings is 2. The third-order valence-electron chi connectivity index (χ3n) is 5.02. The molecule has 3 N–H and O–H groups in total. The maximum Gasteiger partial charge on any atom is 0.252 e. The van der Waals surface area contributed by atoms with Crippen LogP contribution in [0, 0.1) is 0 Å². The molecule has 0 radical (unpaired) electrons. The molecule has 0 aliphatic heterocycles. The van der Waals surface area contributed by atoms with Crippen LogP contribution in [0.1, 0.15) is 35.7 Å². The van der Waals surface area contributed by atoms with E-state index in [1.165, 1.54) is 6.07 Å². The fourth-order valence-electron chi connectivity index (χ4n) is 3.36. The lowest BCUT2D eigenvalue weighted by molar-refractivity contribution is -0.130. The van der Waals surface area contributed by atoms with Crippen molar-refractivity contribution in [2.45, 2.75) is 38.3 Å². The number of fused-ring (bicyclic) bond motifs is 1. The Kier molecular flexibility index (Phi) is 7.98. The number of rotatable bonds is 9. The summed E-state index contributed by atoms with van der Waals surface area (Å²) in [5.41, 5.74) is 1.83. The van der Waals surface area contributed by atoms with Crippen LogP contribution in [0.2, 0.25) is 5.15 Å². The summed E-state index contributed by atoms with van der Waals surface area (Å²) in [6.45, 7) is 2.49. The molecule has 0 spiro atoms. The summed E-state index contributed by atoms with van der Waals surface area (Å²) in [6.07, 6.45) is 0.641. The van der Waals surface area contributed by atoms with Crippen molar-refractivity contribution in [3.05, 3.63) is 76.9 Å². The quantitative estimate of drug-likeness (QED) is 0.351. The van der Waals surface area contributed by atoms with Crippen molar-refractivity contribution in [2.75, 3.05) is 6.54 Å². The third-order valence-corrected chi connectivity index (χ3v) is 5.22. The molecular formula is C24H26ClN3O3. The lowest BCUT2D eigenvalue weighted by atomic mass is 9.99. The van der Waals surface area contributed by atoms with Crippen LogP contribution in [0.5, 0.6) is 0 Å². The van der Waals surface area contributed by atoms with Crippen LogP contribution in [-0.4, -0.2) is 40.6 Å². The number of aromatic nitrogens is 1. The molecule has 1 aromatic heterocycles. The number of amides is 2. The molecular weight excluding hydrogens is 414 g/mol. The molecule has 7 heteroatoms. The van der Waals surface area contributed by atoms with Gasteiger partial charge in [0.25, 0.3) is 11.8 Å². The first-order valence-electron chi connectivity index (χ1n) is 10.4. The van der Waals surface area contributed by atoms with Gasteiger partial charge in [0, 0.05) is 11.9 Å². The summed E-state index contributed by atoms with van der Waals surface area (Å²) in [7, 11) is 0. The minimum atomic E-state index is -1.40. The highest BCUT2D eigenvalue weighted by molar-refractivity contribution is 6.30. The molecule has 2 aromatic carbocycles. The van der Waals surface area contributed by atoms with Gasteiger partial charge in [-0.2, -0.15) is 0 Å². The minimum absolute atomic E-state index is 0.196. The second-order valence-corrected chi connectivity index (χ2v) is 7.76. The highest BCUT2D eigenvalue weighted by Crippen LogP contribution is 2.21. The van der Waals surface area contributed by atoms with E-state index in [-0.39, 0.29) is 5.15 Å². The molecule has 3 rings (SSSR count). The van der Waals surface area contributed by atoms with E-state index in [1.54, 1.807) is 12.1 Å². The summed E-state index contributed by atoms with van der Waals surface area (Å²) in [4.78, 5) is 29.9. The molecule has 0 fully saturated rings. The van der Waals surface area contributed by atoms with E-state index >= 15 is 0 Å². The number of unbranched alkanes of at least 4 members (excludes halogenated alkanes) is 1. The lowest BCUT2D eigenvalue weighted by Gasteiger charge is -2.24. The van der Waals surface area contributed by atoms with Crippen molar-refractivity contribution >= 4 is 34.3 Å². The number of carbonyl (C=O) groups excluding carboxylic acids is 2. The number of para-hydroxylation sites is 1. The first-order chi connectivity index (χ1) is 15.0. The normalized spacial score (nSPS) is 12.9. The molecule has 162 valence electrons. The Morgan fingerprint density at radius 1 is 1.10 bits per heavy atom. The van der Waals surface area contributed by atoms with E-state index in [9.17, 15) is 14.7 Å². The van der Waals surface area contributed by atoms with Crippen molar-refractivity contribution in [3.8, 4) is 0 Å². The van der Waals surface area contributed by atoms with Crippen molar-refractivity contribution in [1.82, 2.24) is 15.6 Å². The van der Waals surface area contributed by atoms with Gasteiger partial charge in [0.1, 0.15) is 5.15 Å². The summed E-state index contributed by atoms with van der Waals surface area (Å²) in [5.74, 6) is -0.936. The number of carbonyl (C=O) groups is 2. The second kappa shape index (κ2) is 10.9. The SMILES string of the molecule is CCCCNC(=O)C(O)[C@H](Cc1ccccc1)NC(=O)c1cc(Cl)nc2ccccc12. The molecule has 0 aliphatic carbocycles. The molecule has 2 amide bonds.